The monoisotopic (exact) mass is 355 g/mol. The summed E-state index contributed by atoms with van der Waals surface area (Å²) in [5.74, 6) is -0.955. The van der Waals surface area contributed by atoms with Crippen LogP contribution in [-0.4, -0.2) is 73.6 Å². The largest absolute Gasteiger partial charge is 0.375 e. The van der Waals surface area contributed by atoms with Crippen molar-refractivity contribution in [2.45, 2.75) is 44.2 Å². The summed E-state index contributed by atoms with van der Waals surface area (Å²) in [5, 5.41) is 0.507. The third kappa shape index (κ3) is 3.35. The molecule has 0 radical (unpaired) electrons. The summed E-state index contributed by atoms with van der Waals surface area (Å²) in [4.78, 5) is 23.3. The van der Waals surface area contributed by atoms with Crippen LogP contribution in [0.25, 0.3) is 0 Å². The third-order valence-electron chi connectivity index (χ3n) is 3.66. The Morgan fingerprint density at radius 2 is 2.21 bits per heavy atom. The van der Waals surface area contributed by atoms with Gasteiger partial charge in [-0.3, -0.25) is 4.79 Å². The minimum absolute atomic E-state index is 0.204. The van der Waals surface area contributed by atoms with Crippen molar-refractivity contribution >= 4 is 28.6 Å². The van der Waals surface area contributed by atoms with Gasteiger partial charge in [0.1, 0.15) is 12.2 Å². The number of aromatic nitrogens is 1. The van der Waals surface area contributed by atoms with Gasteiger partial charge in [-0.15, -0.1) is 0 Å². The van der Waals surface area contributed by atoms with Crippen LogP contribution in [0, 0.1) is 0 Å². The van der Waals surface area contributed by atoms with Crippen LogP contribution >= 0.6 is 11.3 Å². The maximum absolute atomic E-state index is 12.8. The number of nitrogens with zero attached hydrogens (tertiary/aromatic N) is 3. The summed E-state index contributed by atoms with van der Waals surface area (Å²) in [5.41, 5.74) is 0. The predicted molar refractivity (Wildman–Crippen MR) is 87.8 cm³/mol. The second-order valence-corrected chi connectivity index (χ2v) is 7.31. The molecule has 3 heterocycles. The van der Waals surface area contributed by atoms with E-state index in [1.165, 1.54) is 24.6 Å². The average molecular weight is 355 g/mol. The number of ketones is 1. The van der Waals surface area contributed by atoms with E-state index >= 15 is 0 Å². The van der Waals surface area contributed by atoms with Crippen molar-refractivity contribution in [3.8, 4) is 0 Å². The minimum Gasteiger partial charge on any atom is -0.375 e. The predicted octanol–water partition coefficient (Wildman–Crippen LogP) is 1.44. The first-order chi connectivity index (χ1) is 11.3. The Kier molecular flexibility index (Phi) is 4.71. The van der Waals surface area contributed by atoms with Gasteiger partial charge in [0.2, 0.25) is 10.9 Å². The zero-order valence-corrected chi connectivity index (χ0v) is 15.1. The van der Waals surface area contributed by atoms with Gasteiger partial charge in [-0.2, -0.15) is 0 Å². The maximum Gasteiger partial charge on any atom is 0.211 e. The molecule has 0 unspecified atom stereocenters. The Labute approximate surface area is 144 Å². The summed E-state index contributed by atoms with van der Waals surface area (Å²) in [6, 6.07) is 0. The van der Waals surface area contributed by atoms with E-state index in [0.29, 0.717) is 10.0 Å². The maximum atomic E-state index is 12.8. The van der Waals surface area contributed by atoms with Crippen molar-refractivity contribution < 1.29 is 23.7 Å². The number of carbonyl (C=O) groups excluding carboxylic acids is 1. The van der Waals surface area contributed by atoms with Crippen LogP contribution < -0.4 is 0 Å². The first-order valence-electron chi connectivity index (χ1n) is 7.55. The number of methoxy groups -OCH3 is 1. The van der Waals surface area contributed by atoms with Crippen molar-refractivity contribution in [2.24, 2.45) is 4.99 Å². The second-order valence-electron chi connectivity index (χ2n) is 6.31. The highest BCUT2D eigenvalue weighted by Crippen LogP contribution is 2.39. The van der Waals surface area contributed by atoms with E-state index < -0.39 is 30.4 Å². The van der Waals surface area contributed by atoms with E-state index in [2.05, 4.69) is 9.98 Å². The number of rotatable bonds is 5. The smallest absolute Gasteiger partial charge is 0.211 e. The second kappa shape index (κ2) is 6.49. The van der Waals surface area contributed by atoms with Crippen LogP contribution in [0.1, 0.15) is 23.5 Å². The van der Waals surface area contributed by atoms with Crippen LogP contribution in [0.4, 0.5) is 5.13 Å². The molecule has 1 aromatic rings. The molecule has 0 amide bonds. The third-order valence-corrected chi connectivity index (χ3v) is 4.58. The first kappa shape index (κ1) is 17.4. The minimum atomic E-state index is -0.785. The highest BCUT2D eigenvalue weighted by molar-refractivity contribution is 7.17. The van der Waals surface area contributed by atoms with Gasteiger partial charge in [0.25, 0.3) is 0 Å². The van der Waals surface area contributed by atoms with E-state index in [1.807, 2.05) is 14.1 Å². The Balaban J connectivity index is 1.74. The van der Waals surface area contributed by atoms with Crippen LogP contribution in [0.5, 0.6) is 0 Å². The van der Waals surface area contributed by atoms with E-state index in [9.17, 15) is 4.79 Å². The van der Waals surface area contributed by atoms with Gasteiger partial charge >= 0.3 is 0 Å². The summed E-state index contributed by atoms with van der Waals surface area (Å²) < 4.78 is 22.7. The molecule has 1 aromatic heterocycles. The zero-order valence-electron chi connectivity index (χ0n) is 14.3. The lowest BCUT2D eigenvalue weighted by Gasteiger charge is -2.23. The van der Waals surface area contributed by atoms with Crippen molar-refractivity contribution in [2.75, 3.05) is 21.2 Å². The molecule has 0 aromatic carbocycles. The molecule has 132 valence electrons. The molecule has 24 heavy (non-hydrogen) atoms. The lowest BCUT2D eigenvalue weighted by Crippen LogP contribution is -2.39. The Hall–Kier alpha value is -1.39. The molecule has 3 rings (SSSR count). The number of ether oxygens (including phenoxy) is 4. The molecule has 4 atom stereocenters. The number of fused-ring (bicyclic) bond motifs is 1. The average Bonchev–Trinajstić information content (AvgIpc) is 3.16. The number of Topliss-reactive ketones (excluding diaryl/α,β-unsaturated/α-hetero) is 1. The van der Waals surface area contributed by atoms with Crippen molar-refractivity contribution in [3.63, 3.8) is 0 Å². The Bertz CT molecular complexity index is 645. The topological polar surface area (TPSA) is 82.5 Å². The molecule has 9 heteroatoms. The van der Waals surface area contributed by atoms with Gasteiger partial charge in [0.05, 0.1) is 17.4 Å². The first-order valence-corrected chi connectivity index (χ1v) is 8.37. The van der Waals surface area contributed by atoms with E-state index in [-0.39, 0.29) is 5.78 Å². The van der Waals surface area contributed by atoms with Gasteiger partial charge in [-0.05, 0) is 13.8 Å². The fourth-order valence-corrected chi connectivity index (χ4v) is 3.42. The van der Waals surface area contributed by atoms with Gasteiger partial charge < -0.3 is 23.8 Å². The highest BCUT2D eigenvalue weighted by Gasteiger charge is 2.57. The van der Waals surface area contributed by atoms with Gasteiger partial charge in [-0.25, -0.2) is 9.98 Å². The van der Waals surface area contributed by atoms with Crippen LogP contribution in [0.3, 0.4) is 0 Å². The number of carbonyl (C=O) groups is 1. The number of hydrogen-bond acceptors (Lipinski definition) is 8. The molecule has 0 bridgehead atoms. The van der Waals surface area contributed by atoms with E-state index in [4.69, 9.17) is 18.9 Å². The zero-order chi connectivity index (χ0) is 17.5. The number of aliphatic imine (C=N–C) groups is 1. The molecule has 0 spiro atoms. The standard InChI is InChI=1S/C15H21N3O5S/c1-15(2)22-12-11(20-5)10(21-13(12)23-15)9(19)8-6-16-14(24-8)17-7-18(3)4/h6-7,10-13H,1-5H3/b17-7-/t10-,11+,12-,13-/m1/s1. The fraction of sp³-hybridized carbons (Fsp3) is 0.667. The summed E-state index contributed by atoms with van der Waals surface area (Å²) in [6.07, 6.45) is 0.777. The fourth-order valence-electron chi connectivity index (χ4n) is 2.69. The SMILES string of the molecule is CO[C@@H]1[C@H]2OC(C)(C)O[C@H]2O[C@@H]1C(=O)c1cnc(/N=C\N(C)C)s1. The van der Waals surface area contributed by atoms with Crippen LogP contribution in [0.15, 0.2) is 11.2 Å². The summed E-state index contributed by atoms with van der Waals surface area (Å²) >= 11 is 1.21. The normalized spacial score (nSPS) is 31.5. The van der Waals surface area contributed by atoms with Gasteiger partial charge in [0, 0.05) is 21.2 Å². The van der Waals surface area contributed by atoms with Crippen molar-refractivity contribution in [1.29, 1.82) is 0 Å². The summed E-state index contributed by atoms with van der Waals surface area (Å²) in [7, 11) is 5.25. The van der Waals surface area contributed by atoms with Crippen molar-refractivity contribution in [3.05, 3.63) is 11.1 Å². The Morgan fingerprint density at radius 3 is 2.88 bits per heavy atom. The van der Waals surface area contributed by atoms with Crippen LogP contribution in [-0.2, 0) is 18.9 Å². The van der Waals surface area contributed by atoms with Gasteiger partial charge in [0.15, 0.2) is 18.2 Å². The molecule has 2 saturated heterocycles. The lowest BCUT2D eigenvalue weighted by atomic mass is 10.1. The lowest BCUT2D eigenvalue weighted by molar-refractivity contribution is -0.210. The Morgan fingerprint density at radius 1 is 1.46 bits per heavy atom. The molecule has 2 aliphatic heterocycles. The van der Waals surface area contributed by atoms with E-state index in [0.717, 1.165) is 0 Å². The molecule has 0 saturated carbocycles. The molecular formula is C15H21N3O5S. The highest BCUT2D eigenvalue weighted by atomic mass is 32.1. The molecule has 8 nitrogen and oxygen atoms in total. The molecule has 0 N–H and O–H groups in total. The molecule has 0 aliphatic carbocycles. The van der Waals surface area contributed by atoms with Gasteiger partial charge in [-0.1, -0.05) is 11.3 Å². The van der Waals surface area contributed by atoms with Crippen molar-refractivity contribution in [1.82, 2.24) is 9.88 Å². The number of thiazole rings is 1. The summed E-state index contributed by atoms with van der Waals surface area (Å²) in [6.45, 7) is 3.60. The molecular weight excluding hydrogens is 334 g/mol. The molecule has 2 fully saturated rings. The van der Waals surface area contributed by atoms with E-state index in [1.54, 1.807) is 25.1 Å². The quantitative estimate of drug-likeness (QED) is 0.449. The van der Waals surface area contributed by atoms with Crippen LogP contribution in [0.2, 0.25) is 0 Å². The number of hydrogen-bond donors (Lipinski definition) is 0. The molecule has 2 aliphatic rings.